The molecular weight excluding hydrogens is 311 g/mol. The molecule has 2 fully saturated rings. The van der Waals surface area contributed by atoms with Crippen LogP contribution in [0, 0.1) is 5.82 Å². The molecule has 0 bridgehead atoms. The Morgan fingerprint density at radius 1 is 1.38 bits per heavy atom. The highest BCUT2D eigenvalue weighted by molar-refractivity contribution is 5.92. The maximum Gasteiger partial charge on any atom is 0.276 e. The number of halogens is 1. The SMILES string of the molecule is O=C(c1coc(C2CCC2)n1)N1C[C@H](O)C[C@@H]1c1cccc(F)c1. The fourth-order valence-electron chi connectivity index (χ4n) is 3.44. The van der Waals surface area contributed by atoms with Gasteiger partial charge in [-0.1, -0.05) is 18.6 Å². The molecule has 1 saturated carbocycles. The van der Waals surface area contributed by atoms with E-state index in [9.17, 15) is 14.3 Å². The summed E-state index contributed by atoms with van der Waals surface area (Å²) in [5.41, 5.74) is 0.940. The number of β-amino-alcohol motifs (C(OH)–C–C–N with tert-alkyl or cyclic N) is 1. The highest BCUT2D eigenvalue weighted by Crippen LogP contribution is 2.37. The molecule has 2 atom stereocenters. The van der Waals surface area contributed by atoms with E-state index in [1.165, 1.54) is 18.4 Å². The van der Waals surface area contributed by atoms with Crippen LogP contribution in [0.4, 0.5) is 4.39 Å². The molecule has 5 nitrogen and oxygen atoms in total. The molecule has 1 amide bonds. The van der Waals surface area contributed by atoms with Gasteiger partial charge in [-0.2, -0.15) is 0 Å². The van der Waals surface area contributed by atoms with E-state index in [0.717, 1.165) is 19.3 Å². The van der Waals surface area contributed by atoms with E-state index in [2.05, 4.69) is 4.98 Å². The molecule has 1 aliphatic carbocycles. The van der Waals surface area contributed by atoms with Crippen molar-refractivity contribution in [3.05, 3.63) is 53.5 Å². The molecule has 2 aliphatic rings. The lowest BCUT2D eigenvalue weighted by molar-refractivity contribution is 0.0709. The lowest BCUT2D eigenvalue weighted by atomic mass is 9.85. The molecule has 1 saturated heterocycles. The molecule has 6 heteroatoms. The van der Waals surface area contributed by atoms with E-state index in [1.807, 2.05) is 0 Å². The summed E-state index contributed by atoms with van der Waals surface area (Å²) in [6.07, 6.45) is 4.41. The van der Waals surface area contributed by atoms with Crippen molar-refractivity contribution >= 4 is 5.91 Å². The van der Waals surface area contributed by atoms with E-state index in [1.54, 1.807) is 17.0 Å². The molecule has 0 radical (unpaired) electrons. The van der Waals surface area contributed by atoms with Gasteiger partial charge in [0.15, 0.2) is 11.6 Å². The fraction of sp³-hybridized carbons (Fsp3) is 0.444. The molecule has 2 heterocycles. The number of amides is 1. The van der Waals surface area contributed by atoms with Crippen LogP contribution in [0.15, 0.2) is 34.9 Å². The van der Waals surface area contributed by atoms with Gasteiger partial charge in [-0.05, 0) is 37.0 Å². The zero-order chi connectivity index (χ0) is 16.7. The number of carbonyl (C=O) groups is 1. The van der Waals surface area contributed by atoms with Crippen LogP contribution in [-0.2, 0) is 0 Å². The zero-order valence-electron chi connectivity index (χ0n) is 13.2. The summed E-state index contributed by atoms with van der Waals surface area (Å²) in [5.74, 6) is 0.298. The van der Waals surface area contributed by atoms with E-state index < -0.39 is 6.10 Å². The van der Waals surface area contributed by atoms with Crippen LogP contribution in [0.2, 0.25) is 0 Å². The average molecular weight is 330 g/mol. The second kappa shape index (κ2) is 6.02. The Hall–Kier alpha value is -2.21. The molecule has 2 aromatic rings. The van der Waals surface area contributed by atoms with Gasteiger partial charge in [0.05, 0.1) is 12.1 Å². The van der Waals surface area contributed by atoms with Crippen LogP contribution in [0.3, 0.4) is 0 Å². The van der Waals surface area contributed by atoms with Crippen molar-refractivity contribution in [1.29, 1.82) is 0 Å². The summed E-state index contributed by atoms with van der Waals surface area (Å²) >= 11 is 0. The zero-order valence-corrected chi connectivity index (χ0v) is 13.2. The maximum atomic E-state index is 13.5. The lowest BCUT2D eigenvalue weighted by Crippen LogP contribution is -2.32. The number of rotatable bonds is 3. The number of aromatic nitrogens is 1. The topological polar surface area (TPSA) is 66.6 Å². The van der Waals surface area contributed by atoms with Crippen molar-refractivity contribution in [3.8, 4) is 0 Å². The number of aliphatic hydroxyl groups is 1. The third-order valence-electron chi connectivity index (χ3n) is 4.97. The number of hydrogen-bond acceptors (Lipinski definition) is 4. The van der Waals surface area contributed by atoms with Gasteiger partial charge in [-0.3, -0.25) is 4.79 Å². The number of carbonyl (C=O) groups excluding carboxylic acids is 1. The van der Waals surface area contributed by atoms with Crippen molar-refractivity contribution in [2.75, 3.05) is 6.54 Å². The molecule has 1 aliphatic heterocycles. The monoisotopic (exact) mass is 330 g/mol. The van der Waals surface area contributed by atoms with Crippen LogP contribution in [0.1, 0.15) is 59.6 Å². The molecule has 0 unspecified atom stereocenters. The second-order valence-electron chi connectivity index (χ2n) is 6.62. The molecule has 126 valence electrons. The quantitative estimate of drug-likeness (QED) is 0.939. The first kappa shape index (κ1) is 15.3. The summed E-state index contributed by atoms with van der Waals surface area (Å²) in [6, 6.07) is 5.80. The van der Waals surface area contributed by atoms with Crippen LogP contribution in [0.5, 0.6) is 0 Å². The van der Waals surface area contributed by atoms with Crippen LogP contribution in [-0.4, -0.2) is 33.5 Å². The number of nitrogens with zero attached hydrogens (tertiary/aromatic N) is 2. The normalized spacial score (nSPS) is 24.2. The summed E-state index contributed by atoms with van der Waals surface area (Å²) in [4.78, 5) is 18.7. The molecule has 4 rings (SSSR count). The molecular formula is C18H19FN2O3. The molecule has 0 spiro atoms. The van der Waals surface area contributed by atoms with E-state index in [4.69, 9.17) is 4.42 Å². The van der Waals surface area contributed by atoms with Gasteiger partial charge in [0.1, 0.15) is 12.1 Å². The van der Waals surface area contributed by atoms with Crippen LogP contribution >= 0.6 is 0 Å². The van der Waals surface area contributed by atoms with Gasteiger partial charge in [0.2, 0.25) is 0 Å². The highest BCUT2D eigenvalue weighted by Gasteiger charge is 2.37. The van der Waals surface area contributed by atoms with Crippen LogP contribution < -0.4 is 0 Å². The van der Waals surface area contributed by atoms with Gasteiger partial charge < -0.3 is 14.4 Å². The molecule has 1 aromatic heterocycles. The highest BCUT2D eigenvalue weighted by atomic mass is 19.1. The Balaban J connectivity index is 1.58. The summed E-state index contributed by atoms with van der Waals surface area (Å²) in [5, 5.41) is 10.0. The standard InChI is InChI=1S/C18H19FN2O3/c19-13-6-2-5-12(7-13)16-8-14(22)9-21(16)18(23)15-10-24-17(20-15)11-3-1-4-11/h2,5-7,10-11,14,16,22H,1,3-4,8-9H2/t14-,16-/m1/s1. The Morgan fingerprint density at radius 2 is 2.21 bits per heavy atom. The minimum atomic E-state index is -0.625. The van der Waals surface area contributed by atoms with E-state index in [-0.39, 0.29) is 30.0 Å². The van der Waals surface area contributed by atoms with Gasteiger partial charge in [0.25, 0.3) is 5.91 Å². The minimum absolute atomic E-state index is 0.214. The Kier molecular flexibility index (Phi) is 3.84. The first-order valence-electron chi connectivity index (χ1n) is 8.32. The number of hydrogen-bond donors (Lipinski definition) is 1. The first-order valence-corrected chi connectivity index (χ1v) is 8.32. The van der Waals surface area contributed by atoms with Gasteiger partial charge in [-0.25, -0.2) is 9.37 Å². The average Bonchev–Trinajstić information content (AvgIpc) is 3.12. The Morgan fingerprint density at radius 3 is 2.92 bits per heavy atom. The summed E-state index contributed by atoms with van der Waals surface area (Å²) in [6.45, 7) is 0.214. The van der Waals surface area contributed by atoms with Crippen molar-refractivity contribution in [2.45, 2.75) is 43.7 Å². The molecule has 1 N–H and O–H groups in total. The van der Waals surface area contributed by atoms with Gasteiger partial charge >= 0.3 is 0 Å². The summed E-state index contributed by atoms with van der Waals surface area (Å²) < 4.78 is 19.0. The third kappa shape index (κ3) is 2.71. The first-order chi connectivity index (χ1) is 11.6. The number of aliphatic hydroxyl groups excluding tert-OH is 1. The third-order valence-corrected chi connectivity index (χ3v) is 4.97. The van der Waals surface area contributed by atoms with E-state index >= 15 is 0 Å². The fourth-order valence-corrected chi connectivity index (χ4v) is 3.44. The smallest absolute Gasteiger partial charge is 0.276 e. The predicted octanol–water partition coefficient (Wildman–Crippen LogP) is 3.03. The van der Waals surface area contributed by atoms with Crippen molar-refractivity contribution < 1.29 is 18.7 Å². The van der Waals surface area contributed by atoms with Crippen LogP contribution in [0.25, 0.3) is 0 Å². The van der Waals surface area contributed by atoms with Gasteiger partial charge in [-0.15, -0.1) is 0 Å². The van der Waals surface area contributed by atoms with Crippen molar-refractivity contribution in [2.24, 2.45) is 0 Å². The maximum absolute atomic E-state index is 13.5. The minimum Gasteiger partial charge on any atom is -0.448 e. The number of benzene rings is 1. The Labute approximate surface area is 139 Å². The van der Waals surface area contributed by atoms with Gasteiger partial charge in [0, 0.05) is 12.5 Å². The van der Waals surface area contributed by atoms with Crippen molar-refractivity contribution in [1.82, 2.24) is 9.88 Å². The number of oxazole rings is 1. The summed E-state index contributed by atoms with van der Waals surface area (Å²) in [7, 11) is 0. The Bertz CT molecular complexity index is 756. The van der Waals surface area contributed by atoms with Crippen molar-refractivity contribution in [3.63, 3.8) is 0 Å². The predicted molar refractivity (Wildman–Crippen MR) is 83.9 cm³/mol. The van der Waals surface area contributed by atoms with E-state index in [0.29, 0.717) is 23.8 Å². The molecule has 24 heavy (non-hydrogen) atoms. The molecule has 1 aromatic carbocycles. The number of likely N-dealkylation sites (tertiary alicyclic amines) is 1. The lowest BCUT2D eigenvalue weighted by Gasteiger charge is -2.24. The largest absolute Gasteiger partial charge is 0.448 e. The second-order valence-corrected chi connectivity index (χ2v) is 6.62.